The molecule has 2 saturated carbocycles. The summed E-state index contributed by atoms with van der Waals surface area (Å²) in [6, 6.07) is 22.7. The summed E-state index contributed by atoms with van der Waals surface area (Å²) in [6.07, 6.45) is 18.0. The molecule has 0 unspecified atom stereocenters. The molecule has 0 amide bonds. The third kappa shape index (κ3) is 5.66. The van der Waals surface area contributed by atoms with Crippen LogP contribution in [0, 0.1) is 0 Å². The van der Waals surface area contributed by atoms with Crippen LogP contribution in [0.3, 0.4) is 0 Å². The number of benzene rings is 2. The molecule has 3 fully saturated rings. The zero-order chi connectivity index (χ0) is 21.6. The van der Waals surface area contributed by atoms with Gasteiger partial charge in [-0.3, -0.25) is 4.90 Å². The fourth-order valence-electron chi connectivity index (χ4n) is 6.57. The van der Waals surface area contributed by atoms with Gasteiger partial charge in [0.15, 0.2) is 0 Å². The molecular weight excluding hydrogens is 424 g/mol. The SMILES string of the molecule is c1ccc(P(CN2CC[C@@H](P(C3CCCCC3)C3CCCCC3)C2)c2ccccc2)cc1. The van der Waals surface area contributed by atoms with Crippen LogP contribution in [0.2, 0.25) is 0 Å². The second-order valence-electron chi connectivity index (χ2n) is 10.3. The van der Waals surface area contributed by atoms with Gasteiger partial charge in [-0.2, -0.15) is 0 Å². The molecule has 3 aliphatic rings. The molecule has 5 rings (SSSR count). The van der Waals surface area contributed by atoms with Crippen LogP contribution in [0.15, 0.2) is 60.7 Å². The third-order valence-electron chi connectivity index (χ3n) is 8.14. The lowest BCUT2D eigenvalue weighted by atomic mass is 9.99. The molecule has 2 aliphatic carbocycles. The maximum Gasteiger partial charge on any atom is 0.0265 e. The lowest BCUT2D eigenvalue weighted by Crippen LogP contribution is -2.30. The first kappa shape index (κ1) is 23.0. The van der Waals surface area contributed by atoms with Gasteiger partial charge in [0, 0.05) is 12.8 Å². The van der Waals surface area contributed by atoms with E-state index in [9.17, 15) is 0 Å². The molecule has 0 radical (unpaired) electrons. The van der Waals surface area contributed by atoms with Crippen molar-refractivity contribution in [1.82, 2.24) is 4.90 Å². The van der Waals surface area contributed by atoms with Crippen LogP contribution >= 0.6 is 15.8 Å². The smallest absolute Gasteiger partial charge is 0.0265 e. The Labute approximate surface area is 198 Å². The zero-order valence-corrected chi connectivity index (χ0v) is 21.5. The highest BCUT2D eigenvalue weighted by Gasteiger charge is 2.39. The molecule has 0 bridgehead atoms. The Bertz CT molecular complexity index is 741. The van der Waals surface area contributed by atoms with E-state index in [1.165, 1.54) is 64.3 Å². The molecule has 0 aromatic heterocycles. The Morgan fingerprint density at radius 2 is 1.09 bits per heavy atom. The number of hydrogen-bond acceptors (Lipinski definition) is 1. The van der Waals surface area contributed by atoms with Gasteiger partial charge in [0.1, 0.15) is 0 Å². The van der Waals surface area contributed by atoms with Crippen molar-refractivity contribution in [2.24, 2.45) is 0 Å². The highest BCUT2D eigenvalue weighted by molar-refractivity contribution is 7.72. The minimum absolute atomic E-state index is 0.207. The van der Waals surface area contributed by atoms with E-state index in [1.54, 1.807) is 36.3 Å². The Morgan fingerprint density at radius 3 is 1.59 bits per heavy atom. The van der Waals surface area contributed by atoms with Gasteiger partial charge >= 0.3 is 0 Å². The van der Waals surface area contributed by atoms with Crippen molar-refractivity contribution in [3.8, 4) is 0 Å². The minimum Gasteiger partial charge on any atom is -0.298 e. The van der Waals surface area contributed by atoms with E-state index in [1.807, 2.05) is 0 Å². The van der Waals surface area contributed by atoms with E-state index in [-0.39, 0.29) is 15.8 Å². The van der Waals surface area contributed by atoms with E-state index in [2.05, 4.69) is 65.6 Å². The predicted molar refractivity (Wildman–Crippen MR) is 145 cm³/mol. The highest BCUT2D eigenvalue weighted by atomic mass is 31.1. The van der Waals surface area contributed by atoms with Gasteiger partial charge in [-0.05, 0) is 74.2 Å². The lowest BCUT2D eigenvalue weighted by Gasteiger charge is -2.42. The average Bonchev–Trinajstić information content (AvgIpc) is 3.33. The first-order chi connectivity index (χ1) is 15.9. The Morgan fingerprint density at radius 1 is 0.594 bits per heavy atom. The van der Waals surface area contributed by atoms with E-state index < -0.39 is 0 Å². The molecule has 0 spiro atoms. The summed E-state index contributed by atoms with van der Waals surface area (Å²) in [4.78, 5) is 2.87. The lowest BCUT2D eigenvalue weighted by molar-refractivity contribution is 0.398. The van der Waals surface area contributed by atoms with Crippen molar-refractivity contribution in [2.75, 3.05) is 19.4 Å². The standard InChI is InChI=1S/C29H41NP2/c1-5-13-25(14-6-1)31(26-15-7-2-8-16-26)24-30-22-21-29(23-30)32(27-17-9-3-10-18-27)28-19-11-4-12-20-28/h1-2,5-8,13-16,27-29H,3-4,9-12,17-24H2/t29-/m1/s1. The Balaban J connectivity index is 1.31. The van der Waals surface area contributed by atoms with Crippen LogP contribution in [0.25, 0.3) is 0 Å². The Kier molecular flexibility index (Phi) is 8.35. The van der Waals surface area contributed by atoms with Crippen LogP contribution in [0.5, 0.6) is 0 Å². The first-order valence-electron chi connectivity index (χ1n) is 13.3. The van der Waals surface area contributed by atoms with E-state index in [0.717, 1.165) is 17.0 Å². The second-order valence-corrected chi connectivity index (χ2v) is 15.5. The summed E-state index contributed by atoms with van der Waals surface area (Å²) in [5, 5.41) is 3.08. The van der Waals surface area contributed by atoms with Crippen LogP contribution in [-0.2, 0) is 0 Å². The summed E-state index contributed by atoms with van der Waals surface area (Å²) < 4.78 is 0. The third-order valence-corrected chi connectivity index (χ3v) is 14.6. The van der Waals surface area contributed by atoms with Crippen LogP contribution in [-0.4, -0.2) is 41.3 Å². The molecule has 1 heterocycles. The summed E-state index contributed by atoms with van der Waals surface area (Å²) in [5.74, 6) is 0. The van der Waals surface area contributed by atoms with Crippen LogP contribution in [0.1, 0.15) is 70.6 Å². The van der Waals surface area contributed by atoms with Gasteiger partial charge in [0.05, 0.1) is 0 Å². The maximum atomic E-state index is 2.87. The maximum absolute atomic E-state index is 2.87. The summed E-state index contributed by atoms with van der Waals surface area (Å²) >= 11 is 0. The molecule has 0 N–H and O–H groups in total. The van der Waals surface area contributed by atoms with Gasteiger partial charge < -0.3 is 0 Å². The quantitative estimate of drug-likeness (QED) is 0.388. The molecule has 32 heavy (non-hydrogen) atoms. The minimum atomic E-state index is -0.296. The van der Waals surface area contributed by atoms with E-state index in [0.29, 0.717) is 0 Å². The van der Waals surface area contributed by atoms with Crippen molar-refractivity contribution in [3.63, 3.8) is 0 Å². The fourth-order valence-corrected chi connectivity index (χ4v) is 13.5. The fraction of sp³-hybridized carbons (Fsp3) is 0.586. The van der Waals surface area contributed by atoms with Gasteiger partial charge in [0.2, 0.25) is 0 Å². The first-order valence-corrected chi connectivity index (χ1v) is 16.3. The topological polar surface area (TPSA) is 3.24 Å². The summed E-state index contributed by atoms with van der Waals surface area (Å²) in [5.41, 5.74) is 3.20. The van der Waals surface area contributed by atoms with E-state index >= 15 is 0 Å². The van der Waals surface area contributed by atoms with E-state index in [4.69, 9.17) is 0 Å². The van der Waals surface area contributed by atoms with Crippen LogP contribution < -0.4 is 10.6 Å². The summed E-state index contributed by atoms with van der Waals surface area (Å²) in [7, 11) is -0.0888. The molecule has 1 saturated heterocycles. The number of rotatable bonds is 7. The molecule has 3 heteroatoms. The molecule has 1 aliphatic heterocycles. The summed E-state index contributed by atoms with van der Waals surface area (Å²) in [6.45, 7) is 2.72. The molecule has 2 aromatic carbocycles. The van der Waals surface area contributed by atoms with Crippen molar-refractivity contribution < 1.29 is 0 Å². The van der Waals surface area contributed by atoms with Gasteiger partial charge in [-0.15, -0.1) is 0 Å². The normalized spacial score (nSPS) is 23.9. The van der Waals surface area contributed by atoms with Crippen molar-refractivity contribution >= 4 is 26.5 Å². The van der Waals surface area contributed by atoms with Crippen LogP contribution in [0.4, 0.5) is 0 Å². The van der Waals surface area contributed by atoms with Crippen molar-refractivity contribution in [2.45, 2.75) is 87.6 Å². The predicted octanol–water partition coefficient (Wildman–Crippen LogP) is 7.30. The highest BCUT2D eigenvalue weighted by Crippen LogP contribution is 2.60. The second kappa shape index (κ2) is 11.6. The van der Waals surface area contributed by atoms with Gasteiger partial charge in [-0.1, -0.05) is 107 Å². The molecule has 2 aromatic rings. The zero-order valence-electron chi connectivity index (χ0n) is 19.7. The monoisotopic (exact) mass is 465 g/mol. The molecular formula is C29H41NP2. The number of likely N-dealkylation sites (tertiary alicyclic amines) is 1. The Hall–Kier alpha value is -0.740. The molecule has 172 valence electrons. The van der Waals surface area contributed by atoms with Gasteiger partial charge in [0.25, 0.3) is 0 Å². The molecule has 1 atom stereocenters. The largest absolute Gasteiger partial charge is 0.298 e. The van der Waals surface area contributed by atoms with Crippen molar-refractivity contribution in [1.29, 1.82) is 0 Å². The number of hydrogen-bond donors (Lipinski definition) is 0. The van der Waals surface area contributed by atoms with Crippen molar-refractivity contribution in [3.05, 3.63) is 60.7 Å². The number of nitrogens with zero attached hydrogens (tertiary/aromatic N) is 1. The average molecular weight is 466 g/mol. The molecule has 1 nitrogen and oxygen atoms in total. The van der Waals surface area contributed by atoms with Gasteiger partial charge in [-0.25, -0.2) is 0 Å².